The van der Waals surface area contributed by atoms with Gasteiger partial charge in [0, 0.05) is 3.81 Å². The molecule has 0 saturated heterocycles. The first kappa shape index (κ1) is 7.57. The second-order valence-corrected chi connectivity index (χ2v) is 3.35. The maximum Gasteiger partial charge on any atom is 0.0460 e. The molecule has 0 heterocycles. The smallest absolute Gasteiger partial charge is 0.0460 e. The molecule has 0 radical (unpaired) electrons. The van der Waals surface area contributed by atoms with Gasteiger partial charge >= 0.3 is 0 Å². The summed E-state index contributed by atoms with van der Waals surface area (Å²) in [6, 6.07) is 0. The number of thioether (sulfide) groups is 1. The molecule has 0 aliphatic heterocycles. The molecule has 0 unspecified atom stereocenters. The van der Waals surface area contributed by atoms with Gasteiger partial charge in [0.05, 0.1) is 0 Å². The molecule has 0 aromatic carbocycles. The summed E-state index contributed by atoms with van der Waals surface area (Å²) in [5, 5.41) is 0. The third-order valence-corrected chi connectivity index (χ3v) is 2.41. The summed E-state index contributed by atoms with van der Waals surface area (Å²) < 4.78 is 1.23. The van der Waals surface area contributed by atoms with Crippen LogP contribution in [-0.2, 0) is 0 Å². The summed E-state index contributed by atoms with van der Waals surface area (Å²) in [6.45, 7) is 2.12. The van der Waals surface area contributed by atoms with E-state index in [0.717, 1.165) is 6.42 Å². The maximum atomic E-state index is 3.36. The number of hydrogen-bond donors (Lipinski definition) is 0. The summed E-state index contributed by atoms with van der Waals surface area (Å²) in [5.74, 6) is 0. The number of halogens is 1. The van der Waals surface area contributed by atoms with E-state index in [0.29, 0.717) is 0 Å². The molecule has 0 rings (SSSR count). The minimum Gasteiger partial charge on any atom is -0.122 e. The van der Waals surface area contributed by atoms with Crippen LogP contribution in [0.2, 0.25) is 0 Å². The van der Waals surface area contributed by atoms with Crippen LogP contribution in [-0.4, -0.2) is 6.26 Å². The summed E-state index contributed by atoms with van der Waals surface area (Å²) >= 11 is 5.09. The van der Waals surface area contributed by atoms with Gasteiger partial charge < -0.3 is 0 Å². The third-order valence-electron chi connectivity index (χ3n) is 0.560. The number of allylic oxidation sites excluding steroid dienone is 1. The highest BCUT2D eigenvalue weighted by molar-refractivity contribution is 9.14. The van der Waals surface area contributed by atoms with Crippen molar-refractivity contribution in [3.05, 3.63) is 9.89 Å². The van der Waals surface area contributed by atoms with Crippen LogP contribution in [0.25, 0.3) is 0 Å². The van der Waals surface area contributed by atoms with E-state index in [1.54, 1.807) is 11.8 Å². The lowest BCUT2D eigenvalue weighted by Crippen LogP contribution is -1.56. The van der Waals surface area contributed by atoms with Crippen molar-refractivity contribution in [3.63, 3.8) is 0 Å². The van der Waals surface area contributed by atoms with E-state index in [9.17, 15) is 0 Å². The normalized spacial score (nSPS) is 12.1. The standard InChI is InChI=1S/C5H9BrS/c1-3-4-5(6)7-2/h4H,3H2,1-2H3/b5-4-. The number of rotatable bonds is 2. The summed E-state index contributed by atoms with van der Waals surface area (Å²) in [5.41, 5.74) is 0. The molecule has 0 amide bonds. The molecule has 0 fully saturated rings. The fraction of sp³-hybridized carbons (Fsp3) is 0.600. The Bertz CT molecular complexity index is 68.5. The molecule has 0 saturated carbocycles. The minimum absolute atomic E-state index is 1.11. The lowest BCUT2D eigenvalue weighted by molar-refractivity contribution is 1.23. The zero-order valence-electron chi connectivity index (χ0n) is 4.57. The van der Waals surface area contributed by atoms with Crippen molar-refractivity contribution in [2.24, 2.45) is 0 Å². The van der Waals surface area contributed by atoms with E-state index >= 15 is 0 Å². The second-order valence-electron chi connectivity index (χ2n) is 1.12. The molecule has 0 nitrogen and oxygen atoms in total. The predicted octanol–water partition coefficient (Wildman–Crippen LogP) is 3.00. The minimum atomic E-state index is 1.11. The zero-order valence-corrected chi connectivity index (χ0v) is 6.97. The molecule has 0 bridgehead atoms. The number of hydrogen-bond acceptors (Lipinski definition) is 1. The molecular formula is C5H9BrS. The van der Waals surface area contributed by atoms with Crippen LogP contribution >= 0.6 is 27.7 Å². The summed E-state index contributed by atoms with van der Waals surface area (Å²) in [4.78, 5) is 0. The first-order valence-electron chi connectivity index (χ1n) is 2.21. The van der Waals surface area contributed by atoms with E-state index < -0.39 is 0 Å². The van der Waals surface area contributed by atoms with Crippen molar-refractivity contribution < 1.29 is 0 Å². The highest BCUT2D eigenvalue weighted by atomic mass is 79.9. The van der Waals surface area contributed by atoms with E-state index in [1.165, 1.54) is 3.81 Å². The average molecular weight is 181 g/mol. The zero-order chi connectivity index (χ0) is 5.70. The molecule has 0 spiro atoms. The topological polar surface area (TPSA) is 0 Å². The van der Waals surface area contributed by atoms with Crippen molar-refractivity contribution in [3.8, 4) is 0 Å². The molecule has 42 valence electrons. The van der Waals surface area contributed by atoms with Gasteiger partial charge in [0.1, 0.15) is 0 Å². The molecule has 0 aliphatic carbocycles. The van der Waals surface area contributed by atoms with Gasteiger partial charge in [-0.25, -0.2) is 0 Å². The largest absolute Gasteiger partial charge is 0.122 e. The Balaban J connectivity index is 3.29. The van der Waals surface area contributed by atoms with E-state index in [-0.39, 0.29) is 0 Å². The Kier molecular flexibility index (Phi) is 5.11. The van der Waals surface area contributed by atoms with Crippen LogP contribution < -0.4 is 0 Å². The van der Waals surface area contributed by atoms with Crippen molar-refractivity contribution in [2.75, 3.05) is 6.26 Å². The monoisotopic (exact) mass is 180 g/mol. The Morgan fingerprint density at radius 2 is 2.43 bits per heavy atom. The van der Waals surface area contributed by atoms with Gasteiger partial charge in [-0.05, 0) is 28.6 Å². The van der Waals surface area contributed by atoms with E-state index in [2.05, 4.69) is 35.2 Å². The van der Waals surface area contributed by atoms with Gasteiger partial charge in [0.2, 0.25) is 0 Å². The summed E-state index contributed by atoms with van der Waals surface area (Å²) in [7, 11) is 0. The molecular weight excluding hydrogens is 172 g/mol. The molecule has 0 N–H and O–H groups in total. The van der Waals surface area contributed by atoms with Crippen molar-refractivity contribution in [1.82, 2.24) is 0 Å². The SMILES string of the molecule is CC/C=C(/Br)SC. The first-order valence-corrected chi connectivity index (χ1v) is 4.22. The molecule has 0 aromatic rings. The highest BCUT2D eigenvalue weighted by Crippen LogP contribution is 2.18. The quantitative estimate of drug-likeness (QED) is 0.630. The average Bonchev–Trinajstić information content (AvgIpc) is 1.68. The molecule has 0 atom stereocenters. The fourth-order valence-electron chi connectivity index (χ4n) is 0.244. The second kappa shape index (κ2) is 4.72. The Morgan fingerprint density at radius 1 is 1.86 bits per heavy atom. The van der Waals surface area contributed by atoms with Gasteiger partial charge in [-0.1, -0.05) is 13.0 Å². The van der Waals surface area contributed by atoms with Gasteiger partial charge in [0.25, 0.3) is 0 Å². The van der Waals surface area contributed by atoms with Gasteiger partial charge in [0.15, 0.2) is 0 Å². The maximum absolute atomic E-state index is 3.36. The Morgan fingerprint density at radius 3 is 2.57 bits per heavy atom. The van der Waals surface area contributed by atoms with Crippen LogP contribution in [0, 0.1) is 0 Å². The fourth-order valence-corrected chi connectivity index (χ4v) is 0.901. The van der Waals surface area contributed by atoms with Crippen molar-refractivity contribution in [1.29, 1.82) is 0 Å². The highest BCUT2D eigenvalue weighted by Gasteiger charge is 1.79. The summed E-state index contributed by atoms with van der Waals surface area (Å²) in [6.07, 6.45) is 5.31. The van der Waals surface area contributed by atoms with Crippen molar-refractivity contribution in [2.45, 2.75) is 13.3 Å². The van der Waals surface area contributed by atoms with Gasteiger partial charge in [-0.3, -0.25) is 0 Å². The van der Waals surface area contributed by atoms with E-state index in [4.69, 9.17) is 0 Å². The molecule has 7 heavy (non-hydrogen) atoms. The molecule has 0 aliphatic rings. The Labute approximate surface area is 57.5 Å². The third kappa shape index (κ3) is 4.42. The van der Waals surface area contributed by atoms with Crippen LogP contribution in [0.4, 0.5) is 0 Å². The lowest BCUT2D eigenvalue weighted by atomic mass is 10.5. The molecule has 0 aromatic heterocycles. The van der Waals surface area contributed by atoms with Crippen LogP contribution in [0.1, 0.15) is 13.3 Å². The van der Waals surface area contributed by atoms with Crippen LogP contribution in [0.5, 0.6) is 0 Å². The van der Waals surface area contributed by atoms with Crippen LogP contribution in [0.15, 0.2) is 9.89 Å². The predicted molar refractivity (Wildman–Crippen MR) is 40.8 cm³/mol. The van der Waals surface area contributed by atoms with Crippen LogP contribution in [0.3, 0.4) is 0 Å². The van der Waals surface area contributed by atoms with E-state index in [1.807, 2.05) is 0 Å². The molecule has 2 heteroatoms. The first-order chi connectivity index (χ1) is 3.31. The van der Waals surface area contributed by atoms with Gasteiger partial charge in [-0.2, -0.15) is 0 Å². The van der Waals surface area contributed by atoms with Crippen molar-refractivity contribution >= 4 is 27.7 Å². The van der Waals surface area contributed by atoms with Gasteiger partial charge in [-0.15, -0.1) is 11.8 Å². The lowest BCUT2D eigenvalue weighted by Gasteiger charge is -1.85. The Hall–Kier alpha value is 0.570.